The molecule has 0 unspecified atom stereocenters. The van der Waals surface area contributed by atoms with Gasteiger partial charge in [-0.3, -0.25) is 0 Å². The first kappa shape index (κ1) is 71.0. The lowest BCUT2D eigenvalue weighted by Gasteiger charge is -2.06. The molecule has 0 aliphatic carbocycles. The normalized spacial score (nSPS) is 11.7. The van der Waals surface area contributed by atoms with E-state index in [9.17, 15) is 0 Å². The summed E-state index contributed by atoms with van der Waals surface area (Å²) in [5.74, 6) is 0. The van der Waals surface area contributed by atoms with Gasteiger partial charge in [-0.2, -0.15) is 0 Å². The van der Waals surface area contributed by atoms with Crippen molar-refractivity contribution in [1.29, 1.82) is 0 Å². The van der Waals surface area contributed by atoms with Crippen LogP contribution >= 0.6 is 0 Å². The summed E-state index contributed by atoms with van der Waals surface area (Å²) in [7, 11) is 0. The average Bonchev–Trinajstić information content (AvgIpc) is 3.38. The van der Waals surface area contributed by atoms with E-state index in [0.29, 0.717) is 0 Å². The SMILES string of the molecule is CCCCCCCCCCCCCCCCCCCCCCCCCCCCCCCCCCCNCCCCCCCCCCCCCCCCCCCCCCCCCCCCCCCCCCC. The van der Waals surface area contributed by atoms with Gasteiger partial charge >= 0.3 is 0 Å². The maximum absolute atomic E-state index is 3.73. The van der Waals surface area contributed by atoms with Crippen LogP contribution in [0.15, 0.2) is 0 Å². The van der Waals surface area contributed by atoms with Gasteiger partial charge in [0.15, 0.2) is 0 Å². The Morgan fingerprint density at radius 1 is 0.113 bits per heavy atom. The van der Waals surface area contributed by atoms with Crippen molar-refractivity contribution in [2.45, 2.75) is 438 Å². The highest BCUT2D eigenvalue weighted by Crippen LogP contribution is 2.20. The summed E-state index contributed by atoms with van der Waals surface area (Å²) in [6.45, 7) is 7.13. The zero-order valence-corrected chi connectivity index (χ0v) is 50.6. The Morgan fingerprint density at radius 2 is 0.197 bits per heavy atom. The van der Waals surface area contributed by atoms with Crippen molar-refractivity contribution in [3.8, 4) is 0 Å². The van der Waals surface area contributed by atoms with Gasteiger partial charge in [0.1, 0.15) is 0 Å². The maximum atomic E-state index is 3.73. The first-order chi connectivity index (χ1) is 35.4. The molecule has 0 aromatic carbocycles. The van der Waals surface area contributed by atoms with Gasteiger partial charge in [0.2, 0.25) is 0 Å². The van der Waals surface area contributed by atoms with Crippen molar-refractivity contribution in [3.63, 3.8) is 0 Å². The second kappa shape index (κ2) is 70.0. The molecular formula is C70H143N. The minimum atomic E-state index is 1.25. The summed E-state index contributed by atoms with van der Waals surface area (Å²) in [5.41, 5.74) is 0. The topological polar surface area (TPSA) is 12.0 Å². The summed E-state index contributed by atoms with van der Waals surface area (Å²) < 4.78 is 0. The van der Waals surface area contributed by atoms with Crippen molar-refractivity contribution < 1.29 is 0 Å². The number of hydrogen-bond acceptors (Lipinski definition) is 1. The molecule has 0 radical (unpaired) electrons. The number of rotatable bonds is 68. The van der Waals surface area contributed by atoms with Crippen LogP contribution in [0, 0.1) is 0 Å². The van der Waals surface area contributed by atoms with Crippen LogP contribution in [0.3, 0.4) is 0 Å². The molecule has 0 rings (SSSR count). The van der Waals surface area contributed by atoms with Crippen LogP contribution in [-0.4, -0.2) is 13.1 Å². The predicted molar refractivity (Wildman–Crippen MR) is 329 cm³/mol. The Balaban J connectivity index is 3.07. The molecule has 0 spiro atoms. The molecule has 0 atom stereocenters. The molecule has 0 bridgehead atoms. The molecule has 1 nitrogen and oxygen atoms in total. The first-order valence-electron chi connectivity index (χ1n) is 35.1. The van der Waals surface area contributed by atoms with E-state index < -0.39 is 0 Å². The highest BCUT2D eigenvalue weighted by atomic mass is 14.8. The van der Waals surface area contributed by atoms with Crippen molar-refractivity contribution in [2.24, 2.45) is 0 Å². The third-order valence-corrected chi connectivity index (χ3v) is 16.9. The fourth-order valence-corrected chi connectivity index (χ4v) is 11.7. The lowest BCUT2D eigenvalue weighted by molar-refractivity contribution is 0.508. The van der Waals surface area contributed by atoms with E-state index in [2.05, 4.69) is 19.2 Å². The second-order valence-electron chi connectivity index (χ2n) is 24.4. The van der Waals surface area contributed by atoms with Gasteiger partial charge in [-0.15, -0.1) is 0 Å². The highest BCUT2D eigenvalue weighted by molar-refractivity contribution is 4.57. The second-order valence-corrected chi connectivity index (χ2v) is 24.4. The van der Waals surface area contributed by atoms with Gasteiger partial charge in [-0.05, 0) is 25.9 Å². The van der Waals surface area contributed by atoms with E-state index in [1.54, 1.807) is 0 Å². The summed E-state index contributed by atoms with van der Waals surface area (Å²) >= 11 is 0. The molecule has 0 heterocycles. The predicted octanol–water partition coefficient (Wildman–Crippen LogP) is 26.4. The fraction of sp³-hybridized carbons (Fsp3) is 1.00. The van der Waals surface area contributed by atoms with Gasteiger partial charge in [-0.1, -0.05) is 425 Å². The zero-order chi connectivity index (χ0) is 50.8. The number of unbranched alkanes of at least 4 members (excludes halogenated alkanes) is 64. The summed E-state index contributed by atoms with van der Waals surface area (Å²) in [5, 5.41) is 3.73. The fourth-order valence-electron chi connectivity index (χ4n) is 11.7. The molecule has 71 heavy (non-hydrogen) atoms. The standard InChI is InChI=1S/C70H143N/c1-3-5-7-9-11-13-15-17-19-21-23-25-27-29-31-33-35-37-39-41-43-45-47-49-51-53-55-57-59-61-63-65-67-69-71-70-68-66-64-62-60-58-56-54-52-50-48-46-44-42-40-38-36-34-32-30-28-26-24-22-20-18-16-14-12-10-8-6-4-2/h71H,3-70H2,1-2H3. The van der Waals surface area contributed by atoms with E-state index in [1.807, 2.05) is 0 Å². The van der Waals surface area contributed by atoms with Gasteiger partial charge in [0, 0.05) is 0 Å². The van der Waals surface area contributed by atoms with E-state index in [-0.39, 0.29) is 0 Å². The molecule has 0 saturated heterocycles. The molecule has 0 amide bonds. The van der Waals surface area contributed by atoms with Crippen LogP contribution in [0.5, 0.6) is 0 Å². The molecule has 0 aromatic rings. The monoisotopic (exact) mass is 998 g/mol. The molecule has 0 aliphatic rings. The Kier molecular flexibility index (Phi) is 69.9. The minimum Gasteiger partial charge on any atom is -0.317 e. The lowest BCUT2D eigenvalue weighted by Crippen LogP contribution is -2.16. The Morgan fingerprint density at radius 3 is 0.296 bits per heavy atom. The minimum absolute atomic E-state index is 1.25. The quantitative estimate of drug-likeness (QED) is 0.0599. The van der Waals surface area contributed by atoms with Crippen LogP contribution in [-0.2, 0) is 0 Å². The summed E-state index contributed by atoms with van der Waals surface area (Å²) in [6.07, 6.45) is 97.6. The third-order valence-electron chi connectivity index (χ3n) is 16.9. The number of hydrogen-bond donors (Lipinski definition) is 1. The molecule has 0 aromatic heterocycles. The molecule has 428 valence electrons. The van der Waals surface area contributed by atoms with Gasteiger partial charge < -0.3 is 5.32 Å². The smallest absolute Gasteiger partial charge is 0.00489 e. The Bertz CT molecular complexity index is 783. The zero-order valence-electron chi connectivity index (χ0n) is 50.6. The average molecular weight is 999 g/mol. The summed E-state index contributed by atoms with van der Waals surface area (Å²) in [6, 6.07) is 0. The maximum Gasteiger partial charge on any atom is -0.00489 e. The number of nitrogens with one attached hydrogen (secondary N) is 1. The largest absolute Gasteiger partial charge is 0.317 e. The third kappa shape index (κ3) is 70.0. The van der Waals surface area contributed by atoms with Crippen molar-refractivity contribution in [2.75, 3.05) is 13.1 Å². The highest BCUT2D eigenvalue weighted by Gasteiger charge is 2.01. The van der Waals surface area contributed by atoms with Gasteiger partial charge in [0.05, 0.1) is 0 Å². The van der Waals surface area contributed by atoms with Crippen molar-refractivity contribution in [3.05, 3.63) is 0 Å². The van der Waals surface area contributed by atoms with Crippen LogP contribution in [0.25, 0.3) is 0 Å². The van der Waals surface area contributed by atoms with Crippen LogP contribution in [0.1, 0.15) is 438 Å². The molecule has 0 saturated carbocycles. The van der Waals surface area contributed by atoms with Crippen molar-refractivity contribution >= 4 is 0 Å². The van der Waals surface area contributed by atoms with Crippen LogP contribution in [0.4, 0.5) is 0 Å². The van der Waals surface area contributed by atoms with Crippen LogP contribution < -0.4 is 5.32 Å². The molecule has 0 fully saturated rings. The van der Waals surface area contributed by atoms with E-state index in [4.69, 9.17) is 0 Å². The molecular weight excluding hydrogens is 855 g/mol. The van der Waals surface area contributed by atoms with Crippen LogP contribution in [0.2, 0.25) is 0 Å². The Hall–Kier alpha value is -0.0400. The van der Waals surface area contributed by atoms with E-state index in [1.165, 1.54) is 437 Å². The van der Waals surface area contributed by atoms with Gasteiger partial charge in [-0.25, -0.2) is 0 Å². The Labute approximate surface area is 453 Å². The lowest BCUT2D eigenvalue weighted by atomic mass is 10.0. The molecule has 0 aliphatic heterocycles. The molecule has 1 N–H and O–H groups in total. The van der Waals surface area contributed by atoms with E-state index in [0.717, 1.165) is 0 Å². The van der Waals surface area contributed by atoms with Crippen molar-refractivity contribution in [1.82, 2.24) is 5.32 Å². The van der Waals surface area contributed by atoms with E-state index >= 15 is 0 Å². The summed E-state index contributed by atoms with van der Waals surface area (Å²) in [4.78, 5) is 0. The first-order valence-corrected chi connectivity index (χ1v) is 35.1. The van der Waals surface area contributed by atoms with Gasteiger partial charge in [0.25, 0.3) is 0 Å². The molecule has 1 heteroatoms.